The van der Waals surface area contributed by atoms with Gasteiger partial charge in [-0.3, -0.25) is 4.90 Å². The molecule has 5 heteroatoms. The van der Waals surface area contributed by atoms with E-state index in [1.807, 2.05) is 18.7 Å². The lowest BCUT2D eigenvalue weighted by molar-refractivity contribution is -0.0489. The smallest absolute Gasteiger partial charge is 0.260 e. The number of hydrogen-bond donors (Lipinski definition) is 1. The highest BCUT2D eigenvalue weighted by atomic mass is 19.3. The summed E-state index contributed by atoms with van der Waals surface area (Å²) in [5.74, 6) is -2.58. The van der Waals surface area contributed by atoms with Crippen molar-refractivity contribution in [3.05, 3.63) is 0 Å². The molecule has 1 saturated heterocycles. The number of halogens is 2. The molecule has 0 bridgehead atoms. The van der Waals surface area contributed by atoms with Crippen molar-refractivity contribution in [2.75, 3.05) is 39.9 Å². The summed E-state index contributed by atoms with van der Waals surface area (Å²) in [4.78, 5) is 1.91. The lowest BCUT2D eigenvalue weighted by Gasteiger charge is -2.34. The van der Waals surface area contributed by atoms with E-state index >= 15 is 0 Å². The lowest BCUT2D eigenvalue weighted by Crippen LogP contribution is -2.46. The van der Waals surface area contributed by atoms with Crippen molar-refractivity contribution in [1.29, 1.82) is 0 Å². The Morgan fingerprint density at radius 1 is 1.18 bits per heavy atom. The van der Waals surface area contributed by atoms with Crippen LogP contribution in [0.15, 0.2) is 0 Å². The molecule has 0 spiro atoms. The van der Waals surface area contributed by atoms with Gasteiger partial charge in [0.1, 0.15) is 0 Å². The van der Waals surface area contributed by atoms with Gasteiger partial charge in [-0.25, -0.2) is 8.78 Å². The first-order valence-corrected chi connectivity index (χ1v) is 8.90. The highest BCUT2D eigenvalue weighted by Gasteiger charge is 2.32. The fourth-order valence-corrected chi connectivity index (χ4v) is 2.66. The van der Waals surface area contributed by atoms with Crippen molar-refractivity contribution in [2.24, 2.45) is 0 Å². The highest BCUT2D eigenvalue weighted by Crippen LogP contribution is 2.23. The van der Waals surface area contributed by atoms with Crippen molar-refractivity contribution in [3.63, 3.8) is 0 Å². The molecule has 0 unspecified atom stereocenters. The molecule has 1 heterocycles. The van der Waals surface area contributed by atoms with Crippen LogP contribution in [0.25, 0.3) is 0 Å². The number of hydrogen-bond acceptors (Lipinski definition) is 3. The number of likely N-dealkylation sites (tertiary alicyclic amines) is 1. The number of ether oxygens (including phenoxy) is 1. The first-order chi connectivity index (χ1) is 10.6. The molecule has 1 aliphatic rings. The molecule has 0 saturated carbocycles. The molecule has 0 aromatic heterocycles. The second kappa shape index (κ2) is 13.2. The third-order valence-electron chi connectivity index (χ3n) is 3.90. The predicted octanol–water partition coefficient (Wildman–Crippen LogP) is 3.93. The number of rotatable bonds is 10. The Labute approximate surface area is 135 Å². The Morgan fingerprint density at radius 2 is 1.82 bits per heavy atom. The zero-order valence-corrected chi connectivity index (χ0v) is 15.0. The molecule has 3 nitrogen and oxygen atoms in total. The normalized spacial score (nSPS) is 17.2. The van der Waals surface area contributed by atoms with E-state index in [1.54, 1.807) is 7.11 Å². The zero-order chi connectivity index (χ0) is 16.8. The third-order valence-corrected chi connectivity index (χ3v) is 3.90. The quantitative estimate of drug-likeness (QED) is 0.617. The van der Waals surface area contributed by atoms with Crippen molar-refractivity contribution >= 4 is 0 Å². The van der Waals surface area contributed by atoms with Crippen LogP contribution in [0.1, 0.15) is 59.3 Å². The Bertz CT molecular complexity index is 245. The summed E-state index contributed by atoms with van der Waals surface area (Å²) in [6.45, 7) is 9.11. The van der Waals surface area contributed by atoms with Gasteiger partial charge >= 0.3 is 0 Å². The van der Waals surface area contributed by atoms with Crippen molar-refractivity contribution < 1.29 is 13.5 Å². The minimum absolute atomic E-state index is 0.0739. The number of unbranched alkanes of at least 4 members (excludes halogenated alkanes) is 1. The topological polar surface area (TPSA) is 24.5 Å². The molecule has 0 aromatic carbocycles. The van der Waals surface area contributed by atoms with Crippen LogP contribution in [0.3, 0.4) is 0 Å². The summed E-state index contributed by atoms with van der Waals surface area (Å²) in [6.07, 6.45) is 4.71. The molecule has 0 atom stereocenters. The fourth-order valence-electron chi connectivity index (χ4n) is 2.66. The number of nitrogens with one attached hydrogen (secondary N) is 1. The summed E-state index contributed by atoms with van der Waals surface area (Å²) in [7, 11) is 1.55. The maximum absolute atomic E-state index is 13.8. The molecule has 0 amide bonds. The first kappa shape index (κ1) is 21.7. The molecule has 0 aliphatic carbocycles. The number of nitrogens with zero attached hydrogens (tertiary/aromatic N) is 1. The van der Waals surface area contributed by atoms with Gasteiger partial charge in [-0.05, 0) is 45.3 Å². The van der Waals surface area contributed by atoms with E-state index < -0.39 is 5.92 Å². The van der Waals surface area contributed by atoms with Crippen LogP contribution in [0.2, 0.25) is 0 Å². The second-order valence-electron chi connectivity index (χ2n) is 5.81. The molecular formula is C17H36F2N2O. The molecule has 1 N–H and O–H groups in total. The maximum atomic E-state index is 13.8. The van der Waals surface area contributed by atoms with Crippen molar-refractivity contribution in [2.45, 2.75) is 71.3 Å². The van der Waals surface area contributed by atoms with Crippen LogP contribution in [-0.4, -0.2) is 56.8 Å². The van der Waals surface area contributed by atoms with Gasteiger partial charge < -0.3 is 10.1 Å². The predicted molar refractivity (Wildman–Crippen MR) is 89.8 cm³/mol. The molecule has 1 rings (SSSR count). The Morgan fingerprint density at radius 3 is 2.36 bits per heavy atom. The summed E-state index contributed by atoms with van der Waals surface area (Å²) in [6, 6.07) is 0.514. The molecule has 0 radical (unpaired) electrons. The number of alkyl halides is 2. The van der Waals surface area contributed by atoms with E-state index in [1.165, 1.54) is 12.8 Å². The molecule has 1 fully saturated rings. The summed E-state index contributed by atoms with van der Waals surface area (Å²) in [5, 5.41) is 3.52. The van der Waals surface area contributed by atoms with Crippen LogP contribution >= 0.6 is 0 Å². The average molecular weight is 322 g/mol. The van der Waals surface area contributed by atoms with Gasteiger partial charge in [0.05, 0.1) is 6.54 Å². The van der Waals surface area contributed by atoms with Gasteiger partial charge in [0.25, 0.3) is 5.92 Å². The van der Waals surface area contributed by atoms with Crippen LogP contribution in [0, 0.1) is 0 Å². The summed E-state index contributed by atoms with van der Waals surface area (Å²) in [5.41, 5.74) is 0. The largest absolute Gasteiger partial charge is 0.385 e. The van der Waals surface area contributed by atoms with E-state index in [4.69, 9.17) is 4.74 Å². The lowest BCUT2D eigenvalue weighted by atomic mass is 10.0. The standard InChI is InChI=1S/C15H30F2N2O.C2H6/c1-3-4-9-18-14-6-10-19(11-7-14)13-15(16,17)8-5-12-20-2;1-2/h14,18H,3-13H2,1-2H3;1-2H3. The number of methoxy groups -OCH3 is 1. The van der Waals surface area contributed by atoms with E-state index in [0.29, 0.717) is 19.1 Å². The van der Waals surface area contributed by atoms with Crippen LogP contribution in [0.5, 0.6) is 0 Å². The van der Waals surface area contributed by atoms with Crippen LogP contribution < -0.4 is 5.32 Å². The first-order valence-electron chi connectivity index (χ1n) is 8.90. The maximum Gasteiger partial charge on any atom is 0.260 e. The van der Waals surface area contributed by atoms with E-state index in [9.17, 15) is 8.78 Å². The third kappa shape index (κ3) is 10.5. The zero-order valence-electron chi connectivity index (χ0n) is 15.0. The SMILES string of the molecule is CC.CCCCNC1CCN(CC(F)(F)CCCOC)CC1. The molecule has 22 heavy (non-hydrogen) atoms. The van der Waals surface area contributed by atoms with Gasteiger partial charge in [0.2, 0.25) is 0 Å². The van der Waals surface area contributed by atoms with Gasteiger partial charge in [0.15, 0.2) is 0 Å². The van der Waals surface area contributed by atoms with Crippen LogP contribution in [0.4, 0.5) is 8.78 Å². The fraction of sp³-hybridized carbons (Fsp3) is 1.00. The molecular weight excluding hydrogens is 286 g/mol. The van der Waals surface area contributed by atoms with E-state index in [2.05, 4.69) is 12.2 Å². The van der Waals surface area contributed by atoms with Gasteiger partial charge in [-0.15, -0.1) is 0 Å². The van der Waals surface area contributed by atoms with Crippen molar-refractivity contribution in [1.82, 2.24) is 10.2 Å². The average Bonchev–Trinajstić information content (AvgIpc) is 2.51. The van der Waals surface area contributed by atoms with Crippen LogP contribution in [-0.2, 0) is 4.74 Å². The van der Waals surface area contributed by atoms with Crippen molar-refractivity contribution in [3.8, 4) is 0 Å². The number of piperidine rings is 1. The monoisotopic (exact) mass is 322 g/mol. The summed E-state index contributed by atoms with van der Waals surface area (Å²) >= 11 is 0. The Hall–Kier alpha value is -0.260. The van der Waals surface area contributed by atoms with Gasteiger partial charge in [-0.2, -0.15) is 0 Å². The molecule has 134 valence electrons. The summed E-state index contributed by atoms with van der Waals surface area (Å²) < 4.78 is 32.4. The Balaban J connectivity index is 0.00000211. The highest BCUT2D eigenvalue weighted by molar-refractivity contribution is 4.80. The van der Waals surface area contributed by atoms with Gasteiger partial charge in [-0.1, -0.05) is 27.2 Å². The van der Waals surface area contributed by atoms with Gasteiger partial charge in [0, 0.05) is 26.2 Å². The Kier molecular flexibility index (Phi) is 13.0. The molecule has 0 aromatic rings. The minimum atomic E-state index is -2.58. The minimum Gasteiger partial charge on any atom is -0.385 e. The second-order valence-corrected chi connectivity index (χ2v) is 5.81. The van der Waals surface area contributed by atoms with E-state index in [-0.39, 0.29) is 13.0 Å². The van der Waals surface area contributed by atoms with E-state index in [0.717, 1.165) is 32.5 Å². The molecule has 1 aliphatic heterocycles.